The van der Waals surface area contributed by atoms with Crippen molar-refractivity contribution in [2.24, 2.45) is 0 Å². The number of H-pyrrole nitrogens is 1. The molecule has 0 aliphatic rings. The summed E-state index contributed by atoms with van der Waals surface area (Å²) in [6.45, 7) is 0.657. The number of hydrogen-bond donors (Lipinski definition) is 2. The third kappa shape index (κ3) is 2.62. The van der Waals surface area contributed by atoms with Gasteiger partial charge in [-0.25, -0.2) is 0 Å². The van der Waals surface area contributed by atoms with Gasteiger partial charge in [0, 0.05) is 5.56 Å². The van der Waals surface area contributed by atoms with E-state index in [-0.39, 0.29) is 5.75 Å². The third-order valence-corrected chi connectivity index (χ3v) is 3.32. The number of aromatic amines is 1. The molecule has 1 heterocycles. The number of phenols is 1. The molecule has 20 heavy (non-hydrogen) atoms. The lowest BCUT2D eigenvalue weighted by atomic mass is 10.2. The Labute approximate surface area is 121 Å². The summed E-state index contributed by atoms with van der Waals surface area (Å²) in [7, 11) is 0. The topological polar surface area (TPSA) is 53.8 Å². The maximum absolute atomic E-state index is 9.30. The molecule has 1 aromatic heterocycles. The summed E-state index contributed by atoms with van der Waals surface area (Å²) >= 11 is 5.27. The zero-order valence-corrected chi connectivity index (χ0v) is 11.5. The lowest BCUT2D eigenvalue weighted by Crippen LogP contribution is -2.01. The first-order valence-corrected chi connectivity index (χ1v) is 6.63. The van der Waals surface area contributed by atoms with Gasteiger partial charge in [-0.05, 0) is 42.0 Å². The van der Waals surface area contributed by atoms with E-state index in [1.54, 1.807) is 24.3 Å². The predicted molar refractivity (Wildman–Crippen MR) is 80.1 cm³/mol. The molecule has 0 unspecified atom stereocenters. The number of aromatic hydroxyl groups is 1. The van der Waals surface area contributed by atoms with Crippen molar-refractivity contribution in [1.29, 1.82) is 0 Å². The van der Waals surface area contributed by atoms with Gasteiger partial charge >= 0.3 is 0 Å². The fourth-order valence-electron chi connectivity index (χ4n) is 1.98. The number of aromatic nitrogens is 3. The van der Waals surface area contributed by atoms with Crippen LogP contribution in [0.4, 0.5) is 0 Å². The molecule has 0 atom stereocenters. The number of nitrogens with one attached hydrogen (secondary N) is 1. The molecule has 0 saturated carbocycles. The highest BCUT2D eigenvalue weighted by Crippen LogP contribution is 2.18. The second kappa shape index (κ2) is 5.30. The minimum atomic E-state index is 0.232. The van der Waals surface area contributed by atoms with Gasteiger partial charge in [0.15, 0.2) is 5.82 Å². The standard InChI is InChI=1S/C15H13N3OS/c19-13-8-6-12(7-9-13)14-16-15(20)18(17-14)10-11-4-2-1-3-5-11/h1-9,19H,10H2,(H,16,17,20). The summed E-state index contributed by atoms with van der Waals surface area (Å²) < 4.78 is 2.34. The molecule has 0 radical (unpaired) electrons. The average molecular weight is 283 g/mol. The molecule has 0 bridgehead atoms. The molecular weight excluding hydrogens is 270 g/mol. The summed E-state index contributed by atoms with van der Waals surface area (Å²) in [5.41, 5.74) is 2.05. The van der Waals surface area contributed by atoms with Crippen LogP contribution in [0.2, 0.25) is 0 Å². The maximum atomic E-state index is 9.30. The van der Waals surface area contributed by atoms with Gasteiger partial charge in [0.05, 0.1) is 6.54 Å². The van der Waals surface area contributed by atoms with Crippen LogP contribution in [0.15, 0.2) is 54.6 Å². The summed E-state index contributed by atoms with van der Waals surface area (Å²) in [5.74, 6) is 0.932. The second-order valence-electron chi connectivity index (χ2n) is 4.47. The van der Waals surface area contributed by atoms with Gasteiger partial charge in [0.2, 0.25) is 4.77 Å². The van der Waals surface area contributed by atoms with Gasteiger partial charge in [-0.2, -0.15) is 4.98 Å². The summed E-state index contributed by atoms with van der Waals surface area (Å²) in [4.78, 5) is 4.35. The Kier molecular flexibility index (Phi) is 3.35. The predicted octanol–water partition coefficient (Wildman–Crippen LogP) is 3.36. The van der Waals surface area contributed by atoms with Gasteiger partial charge in [-0.3, -0.25) is 9.78 Å². The Bertz CT molecular complexity index is 760. The van der Waals surface area contributed by atoms with Crippen LogP contribution in [0.25, 0.3) is 11.4 Å². The molecule has 0 saturated heterocycles. The van der Waals surface area contributed by atoms with Crippen LogP contribution in [-0.4, -0.2) is 19.9 Å². The Morgan fingerprint density at radius 3 is 2.45 bits per heavy atom. The zero-order valence-electron chi connectivity index (χ0n) is 10.7. The largest absolute Gasteiger partial charge is 0.508 e. The van der Waals surface area contributed by atoms with Crippen molar-refractivity contribution in [2.75, 3.05) is 0 Å². The van der Waals surface area contributed by atoms with Crippen LogP contribution < -0.4 is 0 Å². The summed E-state index contributed by atoms with van der Waals surface area (Å²) in [6.07, 6.45) is 0. The van der Waals surface area contributed by atoms with Crippen LogP contribution in [-0.2, 0) is 6.54 Å². The van der Waals surface area contributed by atoms with Crippen LogP contribution >= 0.6 is 12.2 Å². The second-order valence-corrected chi connectivity index (χ2v) is 4.84. The highest BCUT2D eigenvalue weighted by Gasteiger charge is 2.05. The molecule has 0 aliphatic heterocycles. The van der Waals surface area contributed by atoms with Crippen molar-refractivity contribution in [1.82, 2.24) is 14.8 Å². The molecule has 0 spiro atoms. The number of hydrogen-bond acceptors (Lipinski definition) is 3. The van der Waals surface area contributed by atoms with Crippen molar-refractivity contribution in [3.05, 3.63) is 64.9 Å². The van der Waals surface area contributed by atoms with Gasteiger partial charge in [-0.15, -0.1) is 0 Å². The van der Waals surface area contributed by atoms with Crippen LogP contribution in [0.5, 0.6) is 5.75 Å². The first-order chi connectivity index (χ1) is 9.72. The van der Waals surface area contributed by atoms with Gasteiger partial charge in [0.25, 0.3) is 0 Å². The van der Waals surface area contributed by atoms with Crippen LogP contribution in [0, 0.1) is 4.77 Å². The number of rotatable bonds is 3. The quantitative estimate of drug-likeness (QED) is 0.725. The number of benzene rings is 2. The van der Waals surface area contributed by atoms with Crippen molar-refractivity contribution >= 4 is 12.2 Å². The minimum absolute atomic E-state index is 0.232. The lowest BCUT2D eigenvalue weighted by molar-refractivity contribution is 0.475. The van der Waals surface area contributed by atoms with Crippen LogP contribution in [0.3, 0.4) is 0 Å². The van der Waals surface area contributed by atoms with E-state index in [2.05, 4.69) is 10.1 Å². The van der Waals surface area contributed by atoms with E-state index in [9.17, 15) is 5.11 Å². The van der Waals surface area contributed by atoms with Crippen molar-refractivity contribution in [3.63, 3.8) is 0 Å². The van der Waals surface area contributed by atoms with Crippen molar-refractivity contribution in [2.45, 2.75) is 6.54 Å². The van der Waals surface area contributed by atoms with Gasteiger partial charge in [0.1, 0.15) is 5.75 Å². The monoisotopic (exact) mass is 283 g/mol. The fourth-order valence-corrected chi connectivity index (χ4v) is 2.18. The van der Waals surface area contributed by atoms with E-state index < -0.39 is 0 Å². The lowest BCUT2D eigenvalue weighted by Gasteiger charge is -2.02. The van der Waals surface area contributed by atoms with E-state index >= 15 is 0 Å². The Balaban J connectivity index is 1.91. The van der Waals surface area contributed by atoms with E-state index in [1.807, 2.05) is 35.0 Å². The van der Waals surface area contributed by atoms with Gasteiger partial charge < -0.3 is 5.11 Å². The minimum Gasteiger partial charge on any atom is -0.508 e. The molecule has 2 N–H and O–H groups in total. The normalized spacial score (nSPS) is 10.6. The smallest absolute Gasteiger partial charge is 0.216 e. The molecule has 2 aromatic carbocycles. The first-order valence-electron chi connectivity index (χ1n) is 6.22. The average Bonchev–Trinajstić information content (AvgIpc) is 2.82. The molecule has 4 nitrogen and oxygen atoms in total. The Hall–Kier alpha value is -2.40. The fraction of sp³-hybridized carbons (Fsp3) is 0.0667. The third-order valence-electron chi connectivity index (χ3n) is 3.00. The summed E-state index contributed by atoms with van der Waals surface area (Å²) in [5, 5.41) is 12.5. The molecule has 0 amide bonds. The molecular formula is C15H13N3OS. The van der Waals surface area contributed by atoms with Crippen molar-refractivity contribution in [3.8, 4) is 17.1 Å². The zero-order chi connectivity index (χ0) is 13.9. The molecule has 3 aromatic rings. The molecule has 0 aliphatic carbocycles. The van der Waals surface area contributed by atoms with Gasteiger partial charge in [-0.1, -0.05) is 30.3 Å². The van der Waals surface area contributed by atoms with E-state index in [0.29, 0.717) is 17.1 Å². The highest BCUT2D eigenvalue weighted by molar-refractivity contribution is 7.71. The Morgan fingerprint density at radius 1 is 1.05 bits per heavy atom. The van der Waals surface area contributed by atoms with Crippen molar-refractivity contribution < 1.29 is 5.11 Å². The number of phenolic OH excluding ortho intramolecular Hbond substituents is 1. The maximum Gasteiger partial charge on any atom is 0.216 e. The van der Waals surface area contributed by atoms with E-state index in [4.69, 9.17) is 12.2 Å². The summed E-state index contributed by atoms with van der Waals surface area (Å²) in [6, 6.07) is 16.9. The molecule has 100 valence electrons. The van der Waals surface area contributed by atoms with E-state index in [0.717, 1.165) is 11.1 Å². The SMILES string of the molecule is Oc1ccc(-c2nc(=S)n(Cc3ccccc3)[nH]2)cc1. The van der Waals surface area contributed by atoms with E-state index in [1.165, 1.54) is 0 Å². The first kappa shape index (κ1) is 12.6. The number of nitrogens with zero attached hydrogens (tertiary/aromatic N) is 2. The molecule has 5 heteroatoms. The Morgan fingerprint density at radius 2 is 1.75 bits per heavy atom. The molecule has 3 rings (SSSR count). The molecule has 0 fully saturated rings. The van der Waals surface area contributed by atoms with Crippen LogP contribution in [0.1, 0.15) is 5.56 Å². The highest BCUT2D eigenvalue weighted by atomic mass is 32.1.